The van der Waals surface area contributed by atoms with Gasteiger partial charge in [-0.25, -0.2) is 0 Å². The van der Waals surface area contributed by atoms with Gasteiger partial charge in [-0.3, -0.25) is 0 Å². The minimum absolute atomic E-state index is 0.158. The molecule has 2 aliphatic carbocycles. The molecule has 0 aromatic rings. The third-order valence-corrected chi connectivity index (χ3v) is 3.04. The van der Waals surface area contributed by atoms with Crippen molar-refractivity contribution >= 4 is 0 Å². The molecule has 0 bridgehead atoms. The first-order valence-electron chi connectivity index (χ1n) is 4.63. The van der Waals surface area contributed by atoms with E-state index in [1.54, 1.807) is 0 Å². The maximum atomic E-state index is 9.03. The van der Waals surface area contributed by atoms with Crippen LogP contribution < -0.4 is 5.32 Å². The summed E-state index contributed by atoms with van der Waals surface area (Å²) >= 11 is 0. The van der Waals surface area contributed by atoms with E-state index in [-0.39, 0.29) is 5.54 Å². The lowest BCUT2D eigenvalue weighted by atomic mass is 9.81. The normalized spacial score (nSPS) is 39.8. The molecule has 0 unspecified atom stereocenters. The average Bonchev–Trinajstić information content (AvgIpc) is 2.66. The molecule has 0 spiro atoms. The summed E-state index contributed by atoms with van der Waals surface area (Å²) in [4.78, 5) is 0. The van der Waals surface area contributed by atoms with Crippen LogP contribution in [0, 0.1) is 5.92 Å². The van der Waals surface area contributed by atoms with Crippen LogP contribution in [-0.4, -0.2) is 23.3 Å². The molecule has 0 aromatic heterocycles. The van der Waals surface area contributed by atoms with Crippen LogP contribution in [0.3, 0.4) is 0 Å². The predicted molar refractivity (Wildman–Crippen MR) is 44.4 cm³/mol. The van der Waals surface area contributed by atoms with E-state index in [2.05, 4.69) is 12.2 Å². The molecule has 2 aliphatic rings. The number of aliphatic hydroxyl groups is 1. The minimum Gasteiger partial charge on any atom is -0.394 e. The second-order valence-corrected chi connectivity index (χ2v) is 4.36. The number of aliphatic hydroxyl groups excluding tert-OH is 1. The Morgan fingerprint density at radius 3 is 2.45 bits per heavy atom. The van der Waals surface area contributed by atoms with Crippen LogP contribution in [-0.2, 0) is 0 Å². The molecule has 2 rings (SSSR count). The van der Waals surface area contributed by atoms with Crippen molar-refractivity contribution in [1.82, 2.24) is 5.32 Å². The predicted octanol–water partition coefficient (Wildman–Crippen LogP) is 0.899. The van der Waals surface area contributed by atoms with Gasteiger partial charge in [0.15, 0.2) is 0 Å². The van der Waals surface area contributed by atoms with Crippen molar-refractivity contribution < 1.29 is 5.11 Å². The van der Waals surface area contributed by atoms with Crippen molar-refractivity contribution in [2.75, 3.05) is 6.61 Å². The fourth-order valence-electron chi connectivity index (χ4n) is 1.95. The first-order valence-corrected chi connectivity index (χ1v) is 4.63. The van der Waals surface area contributed by atoms with Gasteiger partial charge in [0.1, 0.15) is 0 Å². The van der Waals surface area contributed by atoms with Gasteiger partial charge in [-0.1, -0.05) is 6.92 Å². The molecule has 0 aliphatic heterocycles. The van der Waals surface area contributed by atoms with Crippen LogP contribution in [0.15, 0.2) is 0 Å². The lowest BCUT2D eigenvalue weighted by molar-refractivity contribution is 0.167. The SMILES string of the molecule is CC1CC(NC2(CO)CC2)C1. The van der Waals surface area contributed by atoms with E-state index in [0.717, 1.165) is 5.92 Å². The van der Waals surface area contributed by atoms with Crippen molar-refractivity contribution in [2.24, 2.45) is 5.92 Å². The standard InChI is InChI=1S/C9H17NO/c1-7-4-8(5-7)10-9(6-11)2-3-9/h7-8,10-11H,2-6H2,1H3. The van der Waals surface area contributed by atoms with Gasteiger partial charge < -0.3 is 10.4 Å². The zero-order valence-corrected chi connectivity index (χ0v) is 7.14. The highest BCUT2D eigenvalue weighted by atomic mass is 16.3. The second-order valence-electron chi connectivity index (χ2n) is 4.36. The maximum Gasteiger partial charge on any atom is 0.0613 e. The molecule has 2 fully saturated rings. The van der Waals surface area contributed by atoms with E-state index in [9.17, 15) is 0 Å². The molecular weight excluding hydrogens is 138 g/mol. The Bertz CT molecular complexity index is 148. The quantitative estimate of drug-likeness (QED) is 0.634. The summed E-state index contributed by atoms with van der Waals surface area (Å²) in [6.07, 6.45) is 4.96. The van der Waals surface area contributed by atoms with Crippen molar-refractivity contribution in [3.63, 3.8) is 0 Å². The lowest BCUT2D eigenvalue weighted by Crippen LogP contribution is -2.48. The molecule has 0 heterocycles. The molecule has 0 radical (unpaired) electrons. The van der Waals surface area contributed by atoms with E-state index >= 15 is 0 Å². The van der Waals surface area contributed by atoms with Gasteiger partial charge >= 0.3 is 0 Å². The Kier molecular flexibility index (Phi) is 1.69. The van der Waals surface area contributed by atoms with E-state index < -0.39 is 0 Å². The summed E-state index contributed by atoms with van der Waals surface area (Å²) in [7, 11) is 0. The topological polar surface area (TPSA) is 32.3 Å². The van der Waals surface area contributed by atoms with Gasteiger partial charge in [-0.05, 0) is 31.6 Å². The number of rotatable bonds is 3. The van der Waals surface area contributed by atoms with Gasteiger partial charge in [0.25, 0.3) is 0 Å². The summed E-state index contributed by atoms with van der Waals surface area (Å²) in [6.45, 7) is 2.62. The Labute approximate surface area is 68.0 Å². The van der Waals surface area contributed by atoms with Gasteiger partial charge in [-0.15, -0.1) is 0 Å². The summed E-state index contributed by atoms with van der Waals surface area (Å²) in [6, 6.07) is 0.708. The average molecular weight is 155 g/mol. The first-order chi connectivity index (χ1) is 5.24. The number of nitrogens with one attached hydrogen (secondary N) is 1. The minimum atomic E-state index is 0.158. The Balaban J connectivity index is 1.74. The smallest absolute Gasteiger partial charge is 0.0613 e. The Morgan fingerprint density at radius 2 is 2.09 bits per heavy atom. The number of hydrogen-bond acceptors (Lipinski definition) is 2. The fraction of sp³-hybridized carbons (Fsp3) is 1.00. The van der Waals surface area contributed by atoms with E-state index in [4.69, 9.17) is 5.11 Å². The van der Waals surface area contributed by atoms with Crippen LogP contribution in [0.25, 0.3) is 0 Å². The molecule has 0 atom stereocenters. The van der Waals surface area contributed by atoms with E-state index in [1.165, 1.54) is 25.7 Å². The van der Waals surface area contributed by atoms with Crippen LogP contribution in [0.5, 0.6) is 0 Å². The molecule has 11 heavy (non-hydrogen) atoms. The zero-order valence-electron chi connectivity index (χ0n) is 7.14. The van der Waals surface area contributed by atoms with Gasteiger partial charge in [0, 0.05) is 11.6 Å². The van der Waals surface area contributed by atoms with Crippen LogP contribution >= 0.6 is 0 Å². The first kappa shape index (κ1) is 7.56. The van der Waals surface area contributed by atoms with Gasteiger partial charge in [-0.2, -0.15) is 0 Å². The van der Waals surface area contributed by atoms with Crippen molar-refractivity contribution in [2.45, 2.75) is 44.2 Å². The molecular formula is C9H17NO. The van der Waals surface area contributed by atoms with Crippen molar-refractivity contribution in [3.8, 4) is 0 Å². The third kappa shape index (κ3) is 1.42. The maximum absolute atomic E-state index is 9.03. The summed E-state index contributed by atoms with van der Waals surface area (Å²) in [5.41, 5.74) is 0.158. The highest BCUT2D eigenvalue weighted by Crippen LogP contribution is 2.38. The van der Waals surface area contributed by atoms with Crippen molar-refractivity contribution in [3.05, 3.63) is 0 Å². The molecule has 0 aromatic carbocycles. The third-order valence-electron chi connectivity index (χ3n) is 3.04. The van der Waals surface area contributed by atoms with Gasteiger partial charge in [0.2, 0.25) is 0 Å². The summed E-state index contributed by atoms with van der Waals surface area (Å²) in [5, 5.41) is 12.6. The van der Waals surface area contributed by atoms with E-state index in [1.807, 2.05) is 0 Å². The molecule has 64 valence electrons. The molecule has 2 nitrogen and oxygen atoms in total. The van der Waals surface area contributed by atoms with E-state index in [0.29, 0.717) is 12.6 Å². The zero-order chi connectivity index (χ0) is 7.90. The highest BCUT2D eigenvalue weighted by Gasteiger charge is 2.44. The fourth-order valence-corrected chi connectivity index (χ4v) is 1.95. The second kappa shape index (κ2) is 2.46. The molecule has 2 N–H and O–H groups in total. The molecule has 2 saturated carbocycles. The monoisotopic (exact) mass is 155 g/mol. The van der Waals surface area contributed by atoms with Gasteiger partial charge in [0.05, 0.1) is 6.61 Å². The molecule has 0 amide bonds. The van der Waals surface area contributed by atoms with Crippen LogP contribution in [0.4, 0.5) is 0 Å². The molecule has 0 saturated heterocycles. The van der Waals surface area contributed by atoms with Crippen LogP contribution in [0.2, 0.25) is 0 Å². The number of hydrogen-bond donors (Lipinski definition) is 2. The van der Waals surface area contributed by atoms with Crippen LogP contribution in [0.1, 0.15) is 32.6 Å². The van der Waals surface area contributed by atoms with Crippen molar-refractivity contribution in [1.29, 1.82) is 0 Å². The Morgan fingerprint density at radius 1 is 1.45 bits per heavy atom. The summed E-state index contributed by atoms with van der Waals surface area (Å²) in [5.74, 6) is 0.905. The lowest BCUT2D eigenvalue weighted by Gasteiger charge is -2.36. The highest BCUT2D eigenvalue weighted by molar-refractivity contribution is 5.04. The Hall–Kier alpha value is -0.0800. The largest absolute Gasteiger partial charge is 0.394 e. The molecule has 2 heteroatoms. The summed E-state index contributed by atoms with van der Waals surface area (Å²) < 4.78 is 0.